The van der Waals surface area contributed by atoms with Crippen LogP contribution in [0.15, 0.2) is 35.3 Å². The first-order valence-corrected chi connectivity index (χ1v) is 9.03. The number of ether oxygens (including phenoxy) is 1. The lowest BCUT2D eigenvalue weighted by Crippen LogP contribution is -2.19. The van der Waals surface area contributed by atoms with Crippen LogP contribution in [-0.2, 0) is 11.3 Å². The van der Waals surface area contributed by atoms with Crippen LogP contribution in [0.2, 0.25) is 10.0 Å². The molecular formula is C18H10Cl2F2N2O2S. The zero-order valence-electron chi connectivity index (χ0n) is 13.5. The van der Waals surface area contributed by atoms with E-state index in [-0.39, 0.29) is 32.3 Å². The van der Waals surface area contributed by atoms with E-state index in [0.717, 1.165) is 23.5 Å². The van der Waals surface area contributed by atoms with Crippen LogP contribution in [-0.4, -0.2) is 17.1 Å². The first kappa shape index (κ1) is 19.4. The fourth-order valence-electron chi connectivity index (χ4n) is 2.32. The number of thiazole rings is 1. The summed E-state index contributed by atoms with van der Waals surface area (Å²) in [5, 5.41) is 0.676. The Morgan fingerprint density at radius 3 is 2.78 bits per heavy atom. The largest absolute Gasteiger partial charge is 0.482 e. The number of nitrogens with zero attached hydrogens (tertiary/aromatic N) is 2. The van der Waals surface area contributed by atoms with Crippen molar-refractivity contribution in [3.63, 3.8) is 0 Å². The second-order valence-electron chi connectivity index (χ2n) is 5.28. The molecule has 3 aromatic rings. The number of benzene rings is 2. The molecule has 0 aliphatic carbocycles. The number of aromatic nitrogens is 1. The van der Waals surface area contributed by atoms with Crippen molar-refractivity contribution in [3.8, 4) is 18.1 Å². The SMILES string of the molecule is C#CCn1c(=NC(=O)COc2ccc(Cl)cc2Cl)sc2cc(F)cc(F)c21. The van der Waals surface area contributed by atoms with Crippen LogP contribution in [0.5, 0.6) is 5.75 Å². The molecule has 0 radical (unpaired) electrons. The van der Waals surface area contributed by atoms with Crippen molar-refractivity contribution in [2.75, 3.05) is 6.61 Å². The summed E-state index contributed by atoms with van der Waals surface area (Å²) in [5.74, 6) is 0.483. The van der Waals surface area contributed by atoms with Gasteiger partial charge in [0.25, 0.3) is 5.91 Å². The van der Waals surface area contributed by atoms with Crippen LogP contribution in [0, 0.1) is 24.0 Å². The summed E-state index contributed by atoms with van der Waals surface area (Å²) < 4.78 is 34.5. The summed E-state index contributed by atoms with van der Waals surface area (Å²) in [4.78, 5) is 16.2. The highest BCUT2D eigenvalue weighted by molar-refractivity contribution is 7.16. The van der Waals surface area contributed by atoms with E-state index < -0.39 is 24.1 Å². The number of carbonyl (C=O) groups excluding carboxylic acids is 1. The molecule has 4 nitrogen and oxygen atoms in total. The zero-order chi connectivity index (χ0) is 19.6. The number of amides is 1. The van der Waals surface area contributed by atoms with Crippen molar-refractivity contribution >= 4 is 50.7 Å². The average molecular weight is 427 g/mol. The molecule has 0 unspecified atom stereocenters. The average Bonchev–Trinajstić information content (AvgIpc) is 2.91. The highest BCUT2D eigenvalue weighted by atomic mass is 35.5. The van der Waals surface area contributed by atoms with Crippen LogP contribution in [0.3, 0.4) is 0 Å². The van der Waals surface area contributed by atoms with Gasteiger partial charge in [-0.05, 0) is 24.3 Å². The minimum atomic E-state index is -0.783. The first-order valence-electron chi connectivity index (χ1n) is 7.46. The molecule has 0 aliphatic rings. The highest BCUT2D eigenvalue weighted by Crippen LogP contribution is 2.27. The van der Waals surface area contributed by atoms with Crippen LogP contribution in [0.1, 0.15) is 0 Å². The molecule has 3 rings (SSSR count). The van der Waals surface area contributed by atoms with Gasteiger partial charge >= 0.3 is 0 Å². The minimum absolute atomic E-state index is 0.0292. The third-order valence-corrected chi connectivity index (χ3v) is 4.97. The van der Waals surface area contributed by atoms with Crippen LogP contribution < -0.4 is 9.54 Å². The van der Waals surface area contributed by atoms with Crippen molar-refractivity contribution in [1.29, 1.82) is 0 Å². The maximum absolute atomic E-state index is 14.1. The fraction of sp³-hybridized carbons (Fsp3) is 0.111. The lowest BCUT2D eigenvalue weighted by Gasteiger charge is -2.05. The molecule has 0 saturated heterocycles. The van der Waals surface area contributed by atoms with Gasteiger partial charge in [-0.25, -0.2) is 8.78 Å². The number of terminal acetylenes is 1. The summed E-state index contributed by atoms with van der Waals surface area (Å²) in [5.41, 5.74) is 0.0903. The molecule has 1 aromatic heterocycles. The predicted octanol–water partition coefficient (Wildman–Crippen LogP) is 4.43. The predicted molar refractivity (Wildman–Crippen MR) is 101 cm³/mol. The molecule has 138 valence electrons. The van der Waals surface area contributed by atoms with Gasteiger partial charge < -0.3 is 9.30 Å². The Labute approximate surface area is 166 Å². The maximum Gasteiger partial charge on any atom is 0.286 e. The van der Waals surface area contributed by atoms with Gasteiger partial charge in [0, 0.05) is 11.1 Å². The van der Waals surface area contributed by atoms with Gasteiger partial charge in [0.05, 0.1) is 21.8 Å². The fourth-order valence-corrected chi connectivity index (χ4v) is 3.87. The molecule has 0 bridgehead atoms. The Bertz CT molecular complexity index is 1150. The molecule has 0 N–H and O–H groups in total. The van der Waals surface area contributed by atoms with E-state index in [2.05, 4.69) is 10.9 Å². The van der Waals surface area contributed by atoms with Crippen LogP contribution in [0.25, 0.3) is 10.2 Å². The Morgan fingerprint density at radius 2 is 2.07 bits per heavy atom. The van der Waals surface area contributed by atoms with E-state index in [0.29, 0.717) is 5.02 Å². The molecule has 0 spiro atoms. The monoisotopic (exact) mass is 426 g/mol. The van der Waals surface area contributed by atoms with Crippen molar-refractivity contribution in [2.45, 2.75) is 6.54 Å². The van der Waals surface area contributed by atoms with E-state index in [9.17, 15) is 13.6 Å². The van der Waals surface area contributed by atoms with Gasteiger partial charge in [0.15, 0.2) is 17.2 Å². The maximum atomic E-state index is 14.1. The second-order valence-corrected chi connectivity index (χ2v) is 7.13. The molecule has 2 aromatic carbocycles. The minimum Gasteiger partial charge on any atom is -0.482 e. The second kappa shape index (κ2) is 8.09. The van der Waals surface area contributed by atoms with E-state index in [4.69, 9.17) is 34.4 Å². The normalized spacial score (nSPS) is 11.6. The molecule has 9 heteroatoms. The van der Waals surface area contributed by atoms with Gasteiger partial charge in [0.1, 0.15) is 11.6 Å². The highest BCUT2D eigenvalue weighted by Gasteiger charge is 2.14. The Kier molecular flexibility index (Phi) is 5.80. The number of hydrogen-bond acceptors (Lipinski definition) is 3. The standard InChI is InChI=1S/C18H10Cl2F2N2O2S/c1-2-5-24-17-13(22)7-11(21)8-15(17)27-18(24)23-16(25)9-26-14-4-3-10(19)6-12(14)20/h1,3-4,6-8H,5,9H2. The summed E-state index contributed by atoms with van der Waals surface area (Å²) in [6, 6.07) is 6.47. The van der Waals surface area contributed by atoms with Crippen molar-refractivity contribution in [2.24, 2.45) is 4.99 Å². The topological polar surface area (TPSA) is 43.6 Å². The van der Waals surface area contributed by atoms with Crippen molar-refractivity contribution < 1.29 is 18.3 Å². The van der Waals surface area contributed by atoms with Gasteiger partial charge in [-0.1, -0.05) is 40.5 Å². The summed E-state index contributed by atoms with van der Waals surface area (Å²) in [6.45, 7) is -0.430. The third-order valence-electron chi connectivity index (χ3n) is 3.41. The van der Waals surface area contributed by atoms with Crippen LogP contribution >= 0.6 is 34.5 Å². The number of fused-ring (bicyclic) bond motifs is 1. The smallest absolute Gasteiger partial charge is 0.286 e. The van der Waals surface area contributed by atoms with Gasteiger partial charge in [-0.15, -0.1) is 6.42 Å². The Morgan fingerprint density at radius 1 is 1.30 bits per heavy atom. The molecular weight excluding hydrogens is 417 g/mol. The number of halogens is 4. The third kappa shape index (κ3) is 4.30. The molecule has 1 heterocycles. The van der Waals surface area contributed by atoms with Crippen molar-refractivity contribution in [1.82, 2.24) is 4.57 Å². The number of hydrogen-bond donors (Lipinski definition) is 0. The lowest BCUT2D eigenvalue weighted by atomic mass is 10.3. The molecule has 0 saturated carbocycles. The first-order chi connectivity index (χ1) is 12.9. The van der Waals surface area contributed by atoms with Crippen molar-refractivity contribution in [3.05, 3.63) is 56.8 Å². The van der Waals surface area contributed by atoms with Crippen LogP contribution in [0.4, 0.5) is 8.78 Å². The van der Waals surface area contributed by atoms with Gasteiger partial charge in [-0.3, -0.25) is 4.79 Å². The Hall–Kier alpha value is -2.40. The number of rotatable bonds is 4. The van der Waals surface area contributed by atoms with E-state index in [1.54, 1.807) is 6.07 Å². The Balaban J connectivity index is 1.92. The molecule has 1 amide bonds. The summed E-state index contributed by atoms with van der Waals surface area (Å²) in [6.07, 6.45) is 5.31. The van der Waals surface area contributed by atoms with Gasteiger partial charge in [-0.2, -0.15) is 4.99 Å². The molecule has 0 aliphatic heterocycles. The van der Waals surface area contributed by atoms with E-state index in [1.165, 1.54) is 16.7 Å². The quantitative estimate of drug-likeness (QED) is 0.579. The van der Waals surface area contributed by atoms with Gasteiger partial charge in [0.2, 0.25) is 0 Å². The van der Waals surface area contributed by atoms with E-state index >= 15 is 0 Å². The summed E-state index contributed by atoms with van der Waals surface area (Å²) in [7, 11) is 0. The molecule has 0 atom stereocenters. The molecule has 0 fully saturated rings. The molecule has 27 heavy (non-hydrogen) atoms. The van der Waals surface area contributed by atoms with E-state index in [1.807, 2.05) is 0 Å². The summed E-state index contributed by atoms with van der Waals surface area (Å²) >= 11 is 12.7. The number of carbonyl (C=O) groups is 1. The lowest BCUT2D eigenvalue weighted by molar-refractivity contribution is -0.120. The zero-order valence-corrected chi connectivity index (χ0v) is 15.8.